The maximum absolute atomic E-state index is 11.8. The molecule has 0 aliphatic carbocycles. The van der Waals surface area contributed by atoms with Crippen molar-refractivity contribution in [1.82, 2.24) is 4.90 Å². The number of rotatable bonds is 3. The van der Waals surface area contributed by atoms with Crippen molar-refractivity contribution in [3.05, 3.63) is 39.9 Å². The Morgan fingerprint density at radius 3 is 2.28 bits per heavy atom. The van der Waals surface area contributed by atoms with Gasteiger partial charge in [-0.1, -0.05) is 19.1 Å². The van der Waals surface area contributed by atoms with Crippen molar-refractivity contribution in [3.8, 4) is 0 Å². The number of nitro benzene ring substituents is 1. The van der Waals surface area contributed by atoms with Gasteiger partial charge in [-0.2, -0.15) is 0 Å². The van der Waals surface area contributed by atoms with Gasteiger partial charge in [-0.05, 0) is 19.4 Å². The van der Waals surface area contributed by atoms with Crippen LogP contribution in [-0.4, -0.2) is 21.8 Å². The molecule has 0 radical (unpaired) electrons. The number of benzene rings is 1. The average molecular weight is 248 g/mol. The van der Waals surface area contributed by atoms with Gasteiger partial charge in [0.1, 0.15) is 0 Å². The van der Waals surface area contributed by atoms with Crippen LogP contribution in [0, 0.1) is 16.0 Å². The molecule has 1 aliphatic rings. The fourth-order valence-electron chi connectivity index (χ4n) is 2.48. The van der Waals surface area contributed by atoms with Crippen molar-refractivity contribution in [2.45, 2.75) is 32.9 Å². The van der Waals surface area contributed by atoms with Crippen molar-refractivity contribution >= 4 is 11.6 Å². The highest BCUT2D eigenvalue weighted by atomic mass is 16.6. The lowest BCUT2D eigenvalue weighted by molar-refractivity contribution is -0.384. The highest BCUT2D eigenvalue weighted by Crippen LogP contribution is 2.41. The third kappa shape index (κ3) is 1.85. The molecule has 5 nitrogen and oxygen atoms in total. The number of hydrogen-bond donors (Lipinski definition) is 0. The fourth-order valence-corrected chi connectivity index (χ4v) is 2.48. The molecule has 5 heteroatoms. The van der Waals surface area contributed by atoms with Gasteiger partial charge < -0.3 is 4.90 Å². The van der Waals surface area contributed by atoms with Gasteiger partial charge in [0.05, 0.1) is 16.9 Å². The van der Waals surface area contributed by atoms with E-state index in [0.717, 1.165) is 5.56 Å². The van der Waals surface area contributed by atoms with Crippen LogP contribution >= 0.6 is 0 Å². The topological polar surface area (TPSA) is 63.5 Å². The summed E-state index contributed by atoms with van der Waals surface area (Å²) in [6.45, 7) is 5.84. The molecule has 1 aromatic rings. The minimum Gasteiger partial charge on any atom is -0.332 e. The van der Waals surface area contributed by atoms with Crippen molar-refractivity contribution in [1.29, 1.82) is 0 Å². The number of nitrogens with zero attached hydrogens (tertiary/aromatic N) is 2. The monoisotopic (exact) mass is 248 g/mol. The van der Waals surface area contributed by atoms with Crippen LogP contribution in [0.1, 0.15) is 32.4 Å². The third-order valence-corrected chi connectivity index (χ3v) is 3.42. The fraction of sp³-hybridized carbons (Fsp3) is 0.462. The number of non-ortho nitro benzene ring substituents is 1. The van der Waals surface area contributed by atoms with Gasteiger partial charge in [-0.25, -0.2) is 0 Å². The van der Waals surface area contributed by atoms with Crippen LogP contribution in [0.5, 0.6) is 0 Å². The van der Waals surface area contributed by atoms with E-state index >= 15 is 0 Å². The molecular formula is C13H16N2O3. The molecule has 1 amide bonds. The lowest BCUT2D eigenvalue weighted by Gasteiger charge is -2.48. The molecule has 1 saturated heterocycles. The summed E-state index contributed by atoms with van der Waals surface area (Å²) in [5.41, 5.74) is 1.04. The molecule has 0 N–H and O–H groups in total. The zero-order valence-corrected chi connectivity index (χ0v) is 10.7. The quantitative estimate of drug-likeness (QED) is 0.469. The number of hydrogen-bond acceptors (Lipinski definition) is 3. The normalized spacial score (nSPS) is 23.1. The van der Waals surface area contributed by atoms with Gasteiger partial charge in [0.25, 0.3) is 5.69 Å². The van der Waals surface area contributed by atoms with Crippen molar-refractivity contribution in [3.63, 3.8) is 0 Å². The number of likely N-dealkylation sites (tertiary alicyclic amines) is 1. The summed E-state index contributed by atoms with van der Waals surface area (Å²) in [4.78, 5) is 23.8. The highest BCUT2D eigenvalue weighted by Gasteiger charge is 2.46. The van der Waals surface area contributed by atoms with Crippen LogP contribution in [0.25, 0.3) is 0 Å². The Hall–Kier alpha value is -1.91. The molecule has 0 unspecified atom stereocenters. The second kappa shape index (κ2) is 4.40. The molecule has 1 aliphatic heterocycles. The van der Waals surface area contributed by atoms with Gasteiger partial charge in [0.2, 0.25) is 5.91 Å². The minimum absolute atomic E-state index is 0.0401. The Balaban J connectivity index is 2.26. The smallest absolute Gasteiger partial charge is 0.269 e. The average Bonchev–Trinajstić information content (AvgIpc) is 2.34. The summed E-state index contributed by atoms with van der Waals surface area (Å²) in [6, 6.07) is 6.64. The number of nitro groups is 1. The summed E-state index contributed by atoms with van der Waals surface area (Å²) in [6.07, 6.45) is 0. The molecule has 0 spiro atoms. The molecule has 1 fully saturated rings. The summed E-state index contributed by atoms with van der Waals surface area (Å²) in [5.74, 6) is 0.0993. The van der Waals surface area contributed by atoms with E-state index in [2.05, 4.69) is 0 Å². The summed E-state index contributed by atoms with van der Waals surface area (Å²) in [5, 5.41) is 10.6. The van der Waals surface area contributed by atoms with Crippen molar-refractivity contribution in [2.24, 2.45) is 5.92 Å². The molecule has 1 heterocycles. The molecule has 1 aromatic carbocycles. The van der Waals surface area contributed by atoms with Crippen LogP contribution in [0.4, 0.5) is 5.69 Å². The van der Waals surface area contributed by atoms with Gasteiger partial charge in [-0.3, -0.25) is 14.9 Å². The molecule has 2 rings (SSSR count). The zero-order chi connectivity index (χ0) is 13.4. The van der Waals surface area contributed by atoms with E-state index in [9.17, 15) is 14.9 Å². The first-order valence-corrected chi connectivity index (χ1v) is 6.00. The molecule has 2 atom stereocenters. The van der Waals surface area contributed by atoms with Crippen LogP contribution in [0.15, 0.2) is 24.3 Å². The van der Waals surface area contributed by atoms with Crippen LogP contribution in [-0.2, 0) is 4.79 Å². The SMILES string of the molecule is CC(C)N1C(=O)[C@H](C)[C@H]1c1ccc([N+](=O)[O-])cc1. The lowest BCUT2D eigenvalue weighted by Crippen LogP contribution is -2.56. The Kier molecular flexibility index (Phi) is 3.07. The van der Waals surface area contributed by atoms with E-state index in [4.69, 9.17) is 0 Å². The van der Waals surface area contributed by atoms with Crippen LogP contribution in [0.3, 0.4) is 0 Å². The van der Waals surface area contributed by atoms with Crippen molar-refractivity contribution < 1.29 is 9.72 Å². The van der Waals surface area contributed by atoms with E-state index in [1.807, 2.05) is 25.7 Å². The number of carbonyl (C=O) groups is 1. The molecule has 96 valence electrons. The number of β-lactam (4-membered cyclic amide) rings is 1. The van der Waals surface area contributed by atoms with Crippen molar-refractivity contribution in [2.75, 3.05) is 0 Å². The maximum Gasteiger partial charge on any atom is 0.269 e. The van der Waals surface area contributed by atoms with E-state index in [1.54, 1.807) is 12.1 Å². The van der Waals surface area contributed by atoms with Gasteiger partial charge >= 0.3 is 0 Å². The zero-order valence-electron chi connectivity index (χ0n) is 10.7. The minimum atomic E-state index is -0.417. The Morgan fingerprint density at radius 2 is 1.83 bits per heavy atom. The number of carbonyl (C=O) groups excluding carboxylic acids is 1. The highest BCUT2D eigenvalue weighted by molar-refractivity contribution is 5.86. The molecule has 0 saturated carbocycles. The second-order valence-electron chi connectivity index (χ2n) is 4.92. The second-order valence-corrected chi connectivity index (χ2v) is 4.92. The van der Waals surface area contributed by atoms with E-state index in [-0.39, 0.29) is 29.6 Å². The first kappa shape index (κ1) is 12.5. The third-order valence-electron chi connectivity index (χ3n) is 3.42. The maximum atomic E-state index is 11.8. The molecular weight excluding hydrogens is 232 g/mol. The van der Waals surface area contributed by atoms with E-state index < -0.39 is 4.92 Å². The number of amides is 1. The van der Waals surface area contributed by atoms with Gasteiger partial charge in [0, 0.05) is 18.2 Å². The Bertz CT molecular complexity index is 482. The predicted octanol–water partition coefficient (Wildman–Crippen LogP) is 2.52. The first-order chi connectivity index (χ1) is 8.43. The molecule has 0 bridgehead atoms. The Labute approximate surface area is 106 Å². The van der Waals surface area contributed by atoms with Crippen LogP contribution < -0.4 is 0 Å². The largest absolute Gasteiger partial charge is 0.332 e. The Morgan fingerprint density at radius 1 is 1.28 bits per heavy atom. The predicted molar refractivity (Wildman–Crippen MR) is 67.0 cm³/mol. The van der Waals surface area contributed by atoms with Gasteiger partial charge in [-0.15, -0.1) is 0 Å². The van der Waals surface area contributed by atoms with E-state index in [0.29, 0.717) is 0 Å². The molecule has 18 heavy (non-hydrogen) atoms. The first-order valence-electron chi connectivity index (χ1n) is 6.00. The lowest BCUT2D eigenvalue weighted by atomic mass is 9.82. The van der Waals surface area contributed by atoms with Gasteiger partial charge in [0.15, 0.2) is 0 Å². The van der Waals surface area contributed by atoms with Crippen LogP contribution in [0.2, 0.25) is 0 Å². The summed E-state index contributed by atoms with van der Waals surface area (Å²) < 4.78 is 0. The summed E-state index contributed by atoms with van der Waals surface area (Å²) >= 11 is 0. The molecule has 0 aromatic heterocycles. The standard InChI is InChI=1S/C13H16N2O3/c1-8(2)14-12(9(3)13(14)16)10-4-6-11(7-5-10)15(17)18/h4-9,12H,1-3H3/t9-,12+/m1/s1. The van der Waals surface area contributed by atoms with E-state index in [1.165, 1.54) is 12.1 Å². The summed E-state index contributed by atoms with van der Waals surface area (Å²) in [7, 11) is 0.